The van der Waals surface area contributed by atoms with E-state index in [1.165, 1.54) is 0 Å². The van der Waals surface area contributed by atoms with E-state index >= 15 is 0 Å². The van der Waals surface area contributed by atoms with E-state index in [4.69, 9.17) is 9.15 Å². The number of aromatic hydroxyl groups is 1. The van der Waals surface area contributed by atoms with E-state index in [9.17, 15) is 27.1 Å². The summed E-state index contributed by atoms with van der Waals surface area (Å²) in [7, 11) is -2.80. The van der Waals surface area contributed by atoms with Gasteiger partial charge in [0.25, 0.3) is 0 Å². The third-order valence-electron chi connectivity index (χ3n) is 3.22. The Bertz CT molecular complexity index is 870. The molecule has 0 aliphatic rings. The van der Waals surface area contributed by atoms with Gasteiger partial charge in [-0.05, 0) is 18.6 Å². The number of halogens is 3. The Kier molecular flexibility index (Phi) is 6.73. The number of thiol groups is 1. The minimum atomic E-state index is -2.80. The molecule has 0 radical (unpaired) electrons. The molecule has 0 amide bonds. The first kappa shape index (κ1) is 20.3. The SMILES string of the molecule is CC(=O)Oc1c(C(Br)CCN[SH](=O)=O)oc(-c2c(F)cccc2F)c1O. The zero-order valence-electron chi connectivity index (χ0n) is 13.3. The molecule has 142 valence electrons. The number of carbonyl (C=O) groups excluding carboxylic acids is 1. The van der Waals surface area contributed by atoms with Gasteiger partial charge in [-0.15, -0.1) is 0 Å². The summed E-state index contributed by atoms with van der Waals surface area (Å²) < 4.78 is 61.6. The number of hydrogen-bond donors (Lipinski definition) is 3. The van der Waals surface area contributed by atoms with Crippen LogP contribution in [0.5, 0.6) is 11.5 Å². The number of esters is 1. The molecule has 1 unspecified atom stereocenters. The number of alkyl halides is 1. The molecule has 2 N–H and O–H groups in total. The number of nitrogens with one attached hydrogen (secondary N) is 1. The van der Waals surface area contributed by atoms with Gasteiger partial charge in [0, 0.05) is 13.5 Å². The van der Waals surface area contributed by atoms with Gasteiger partial charge in [0.05, 0.1) is 10.4 Å². The summed E-state index contributed by atoms with van der Waals surface area (Å²) in [4.78, 5) is 10.6. The van der Waals surface area contributed by atoms with Gasteiger partial charge < -0.3 is 14.3 Å². The van der Waals surface area contributed by atoms with E-state index < -0.39 is 56.1 Å². The van der Waals surface area contributed by atoms with Crippen molar-refractivity contribution >= 4 is 32.8 Å². The van der Waals surface area contributed by atoms with Gasteiger partial charge in [0.15, 0.2) is 11.5 Å². The molecule has 2 rings (SSSR count). The highest BCUT2D eigenvalue weighted by Gasteiger charge is 2.30. The Labute approximate surface area is 157 Å². The van der Waals surface area contributed by atoms with Crippen LogP contribution in [0.3, 0.4) is 0 Å². The highest BCUT2D eigenvalue weighted by molar-refractivity contribution is 9.09. The molecule has 0 saturated heterocycles. The lowest BCUT2D eigenvalue weighted by molar-refractivity contribution is -0.132. The molecule has 2 aromatic rings. The summed E-state index contributed by atoms with van der Waals surface area (Å²) >= 11 is 3.21. The lowest BCUT2D eigenvalue weighted by atomic mass is 10.1. The molecule has 26 heavy (non-hydrogen) atoms. The van der Waals surface area contributed by atoms with Crippen LogP contribution in [0.25, 0.3) is 11.3 Å². The first-order chi connectivity index (χ1) is 12.2. The van der Waals surface area contributed by atoms with Crippen LogP contribution in [-0.4, -0.2) is 26.0 Å². The molecule has 0 spiro atoms. The van der Waals surface area contributed by atoms with Crippen molar-refractivity contribution in [2.75, 3.05) is 6.54 Å². The quantitative estimate of drug-likeness (QED) is 0.338. The minimum Gasteiger partial charge on any atom is -0.502 e. The Balaban J connectivity index is 2.49. The fourth-order valence-electron chi connectivity index (χ4n) is 2.17. The minimum absolute atomic E-state index is 0.0129. The highest BCUT2D eigenvalue weighted by atomic mass is 79.9. The molecule has 0 aliphatic carbocycles. The lowest BCUT2D eigenvalue weighted by Gasteiger charge is -2.08. The standard InChI is InChI=1S/C15H14BrF2NO6S/c1-7(20)24-15-12(21)14(11-9(17)3-2-4-10(11)18)25-13(15)8(16)5-6-19-26(22)23/h2-4,8,21,26H,5-6H2,1H3,(H,19,22,23). The first-order valence-corrected chi connectivity index (χ1v) is 9.32. The molecule has 0 saturated carbocycles. The van der Waals surface area contributed by atoms with E-state index in [0.29, 0.717) is 0 Å². The van der Waals surface area contributed by atoms with Crippen LogP contribution in [-0.2, 0) is 15.7 Å². The van der Waals surface area contributed by atoms with E-state index in [-0.39, 0.29) is 18.7 Å². The molecule has 0 fully saturated rings. The van der Waals surface area contributed by atoms with Crippen LogP contribution in [0.2, 0.25) is 0 Å². The van der Waals surface area contributed by atoms with Gasteiger partial charge in [-0.2, -0.15) is 0 Å². The molecule has 1 heterocycles. The number of hydrogen-bond acceptors (Lipinski definition) is 6. The third kappa shape index (κ3) is 4.59. The van der Waals surface area contributed by atoms with Crippen molar-refractivity contribution in [1.29, 1.82) is 0 Å². The van der Waals surface area contributed by atoms with Crippen molar-refractivity contribution in [2.45, 2.75) is 18.2 Å². The molecule has 1 atom stereocenters. The molecule has 1 aromatic heterocycles. The van der Waals surface area contributed by atoms with Gasteiger partial charge in [0.1, 0.15) is 11.6 Å². The Hall–Kier alpha value is -1.98. The van der Waals surface area contributed by atoms with E-state index in [0.717, 1.165) is 25.1 Å². The lowest BCUT2D eigenvalue weighted by Crippen LogP contribution is -2.14. The fraction of sp³-hybridized carbons (Fsp3) is 0.267. The Morgan fingerprint density at radius 1 is 1.38 bits per heavy atom. The van der Waals surface area contributed by atoms with E-state index in [2.05, 4.69) is 20.7 Å². The monoisotopic (exact) mass is 453 g/mol. The van der Waals surface area contributed by atoms with Gasteiger partial charge >= 0.3 is 5.97 Å². The molecule has 1 aromatic carbocycles. The number of carbonyl (C=O) groups is 1. The fourth-order valence-corrected chi connectivity index (χ4v) is 3.01. The molecule has 0 aliphatic heterocycles. The summed E-state index contributed by atoms with van der Waals surface area (Å²) in [6.07, 6.45) is 0.143. The average Bonchev–Trinajstić information content (AvgIpc) is 2.84. The number of benzene rings is 1. The van der Waals surface area contributed by atoms with Gasteiger partial charge in [-0.1, -0.05) is 22.0 Å². The summed E-state index contributed by atoms with van der Waals surface area (Å²) in [6.45, 7) is 1.09. The van der Waals surface area contributed by atoms with Crippen LogP contribution in [0.1, 0.15) is 23.9 Å². The normalized spacial score (nSPS) is 12.3. The summed E-state index contributed by atoms with van der Waals surface area (Å²) in [5, 5.41) is 10.3. The second kappa shape index (κ2) is 8.60. The van der Waals surface area contributed by atoms with Crippen LogP contribution in [0, 0.1) is 11.6 Å². The predicted molar refractivity (Wildman–Crippen MR) is 91.6 cm³/mol. The van der Waals surface area contributed by atoms with Crippen molar-refractivity contribution < 1.29 is 36.3 Å². The maximum atomic E-state index is 14.0. The number of rotatable bonds is 7. The summed E-state index contributed by atoms with van der Waals surface area (Å²) in [5.74, 6) is -4.55. The number of ether oxygens (including phenoxy) is 1. The maximum Gasteiger partial charge on any atom is 0.308 e. The van der Waals surface area contributed by atoms with Crippen molar-refractivity contribution in [1.82, 2.24) is 4.72 Å². The largest absolute Gasteiger partial charge is 0.502 e. The molecule has 0 bridgehead atoms. The maximum absolute atomic E-state index is 14.0. The Morgan fingerprint density at radius 3 is 2.54 bits per heavy atom. The third-order valence-corrected chi connectivity index (χ3v) is 4.58. The second-order valence-corrected chi connectivity index (χ2v) is 7.02. The average molecular weight is 454 g/mol. The topological polar surface area (TPSA) is 106 Å². The smallest absolute Gasteiger partial charge is 0.308 e. The highest BCUT2D eigenvalue weighted by Crippen LogP contribution is 2.49. The van der Waals surface area contributed by atoms with Crippen molar-refractivity contribution in [3.8, 4) is 22.8 Å². The molecular weight excluding hydrogens is 440 g/mol. The second-order valence-electron chi connectivity index (χ2n) is 5.08. The van der Waals surface area contributed by atoms with Crippen molar-refractivity contribution in [3.63, 3.8) is 0 Å². The molecule has 7 nitrogen and oxygen atoms in total. The first-order valence-electron chi connectivity index (χ1n) is 7.22. The Morgan fingerprint density at radius 2 is 2.00 bits per heavy atom. The van der Waals surface area contributed by atoms with Gasteiger partial charge in [-0.25, -0.2) is 21.9 Å². The van der Waals surface area contributed by atoms with Crippen LogP contribution in [0.15, 0.2) is 22.6 Å². The number of furan rings is 1. The van der Waals surface area contributed by atoms with Crippen molar-refractivity contribution in [2.24, 2.45) is 0 Å². The van der Waals surface area contributed by atoms with Gasteiger partial charge in [-0.3, -0.25) is 4.79 Å². The predicted octanol–water partition coefficient (Wildman–Crippen LogP) is 2.80. The van der Waals surface area contributed by atoms with Crippen LogP contribution < -0.4 is 9.46 Å². The van der Waals surface area contributed by atoms with Crippen LogP contribution >= 0.6 is 15.9 Å². The summed E-state index contributed by atoms with van der Waals surface area (Å²) in [6, 6.07) is 3.10. The van der Waals surface area contributed by atoms with E-state index in [1.54, 1.807) is 0 Å². The van der Waals surface area contributed by atoms with Gasteiger partial charge in [0.2, 0.25) is 22.4 Å². The zero-order chi connectivity index (χ0) is 19.4. The molecular formula is C15H14BrF2NO6S. The van der Waals surface area contributed by atoms with E-state index in [1.807, 2.05) is 0 Å². The van der Waals surface area contributed by atoms with Crippen LogP contribution in [0.4, 0.5) is 8.78 Å². The molecule has 11 heteroatoms. The summed E-state index contributed by atoms with van der Waals surface area (Å²) in [5.41, 5.74) is -0.620. The van der Waals surface area contributed by atoms with Crippen molar-refractivity contribution in [3.05, 3.63) is 35.6 Å². The zero-order valence-corrected chi connectivity index (χ0v) is 15.8.